The molecule has 126 valence electrons. The van der Waals surface area contributed by atoms with Gasteiger partial charge in [-0.3, -0.25) is 4.98 Å². The molecule has 6 nitrogen and oxygen atoms in total. The van der Waals surface area contributed by atoms with Crippen LogP contribution >= 0.6 is 23.6 Å². The fraction of sp³-hybridized carbons (Fsp3) is 0.375. The molecule has 24 heavy (non-hydrogen) atoms. The van der Waals surface area contributed by atoms with Crippen molar-refractivity contribution >= 4 is 45.5 Å². The van der Waals surface area contributed by atoms with Crippen LogP contribution in [-0.4, -0.2) is 27.7 Å². The average molecular weight is 362 g/mol. The summed E-state index contributed by atoms with van der Waals surface area (Å²) in [6.45, 7) is 2.16. The Labute approximate surface area is 149 Å². The number of nitrogens with zero attached hydrogens (tertiary/aromatic N) is 2. The molecule has 0 spiro atoms. The van der Waals surface area contributed by atoms with E-state index in [-0.39, 0.29) is 5.97 Å². The third-order valence-corrected chi connectivity index (χ3v) is 5.09. The molecule has 2 N–H and O–H groups in total. The largest absolute Gasteiger partial charge is 0.462 e. The number of thiocarbonyl (C=S) groups is 1. The number of thiophene rings is 1. The second-order valence-corrected chi connectivity index (χ2v) is 6.82. The number of aromatic nitrogens is 2. The minimum Gasteiger partial charge on any atom is -0.462 e. The lowest BCUT2D eigenvalue weighted by Crippen LogP contribution is -2.21. The Kier molecular flexibility index (Phi) is 5.37. The molecule has 0 amide bonds. The summed E-state index contributed by atoms with van der Waals surface area (Å²) in [5.41, 5.74) is 1.73. The summed E-state index contributed by atoms with van der Waals surface area (Å²) < 4.78 is 5.23. The van der Waals surface area contributed by atoms with Gasteiger partial charge in [-0.2, -0.15) is 0 Å². The normalized spacial score (nSPS) is 13.0. The van der Waals surface area contributed by atoms with E-state index in [2.05, 4.69) is 20.6 Å². The van der Waals surface area contributed by atoms with E-state index in [1.165, 1.54) is 4.88 Å². The highest BCUT2D eigenvalue weighted by Crippen LogP contribution is 2.38. The molecule has 3 rings (SSSR count). The standard InChI is InChI=1S/C16H18N4O2S2/c1-2-22-15(21)13-10-5-3-4-6-11(10)24-14(13)20-16(23)19-12-9-17-7-8-18-12/h7-9H,2-6H2,1H3,(H2,18,19,20,23). The number of aryl methyl sites for hydroxylation is 1. The minimum absolute atomic E-state index is 0.290. The zero-order valence-corrected chi connectivity index (χ0v) is 14.9. The number of esters is 1. The molecule has 2 aromatic heterocycles. The Bertz CT molecular complexity index is 746. The number of hydrogen-bond acceptors (Lipinski definition) is 6. The van der Waals surface area contributed by atoms with Crippen LogP contribution in [-0.2, 0) is 17.6 Å². The van der Waals surface area contributed by atoms with Crippen molar-refractivity contribution in [1.29, 1.82) is 0 Å². The molecular weight excluding hydrogens is 344 g/mol. The van der Waals surface area contributed by atoms with Crippen molar-refractivity contribution in [1.82, 2.24) is 9.97 Å². The first-order valence-electron chi connectivity index (χ1n) is 7.84. The Morgan fingerprint density at radius 1 is 1.33 bits per heavy atom. The summed E-state index contributed by atoms with van der Waals surface area (Å²) in [4.78, 5) is 21.7. The summed E-state index contributed by atoms with van der Waals surface area (Å²) in [7, 11) is 0. The molecule has 0 saturated carbocycles. The van der Waals surface area contributed by atoms with Crippen LogP contribution in [0.5, 0.6) is 0 Å². The maximum atomic E-state index is 12.4. The molecule has 8 heteroatoms. The Balaban J connectivity index is 1.82. The van der Waals surface area contributed by atoms with E-state index in [4.69, 9.17) is 17.0 Å². The van der Waals surface area contributed by atoms with Crippen LogP contribution in [0.2, 0.25) is 0 Å². The number of ether oxygens (including phenoxy) is 1. The van der Waals surface area contributed by atoms with Gasteiger partial charge in [-0.15, -0.1) is 11.3 Å². The molecule has 0 radical (unpaired) electrons. The lowest BCUT2D eigenvalue weighted by atomic mass is 9.95. The van der Waals surface area contributed by atoms with Gasteiger partial charge in [0.05, 0.1) is 18.4 Å². The molecule has 1 aliphatic carbocycles. The van der Waals surface area contributed by atoms with E-state index in [1.807, 2.05) is 6.92 Å². The summed E-state index contributed by atoms with van der Waals surface area (Å²) in [6, 6.07) is 0. The molecule has 0 saturated heterocycles. The molecule has 0 atom stereocenters. The van der Waals surface area contributed by atoms with E-state index in [0.29, 0.717) is 23.1 Å². The van der Waals surface area contributed by atoms with Crippen molar-refractivity contribution < 1.29 is 9.53 Å². The van der Waals surface area contributed by atoms with Gasteiger partial charge in [-0.05, 0) is 50.4 Å². The monoisotopic (exact) mass is 362 g/mol. The maximum Gasteiger partial charge on any atom is 0.341 e. The molecular formula is C16H18N4O2S2. The fourth-order valence-corrected chi connectivity index (χ4v) is 4.24. The predicted octanol–water partition coefficient (Wildman–Crippen LogP) is 3.40. The highest BCUT2D eigenvalue weighted by molar-refractivity contribution is 7.80. The number of anilines is 2. The van der Waals surface area contributed by atoms with Crippen LogP contribution in [0.3, 0.4) is 0 Å². The lowest BCUT2D eigenvalue weighted by molar-refractivity contribution is 0.0526. The predicted molar refractivity (Wildman–Crippen MR) is 98.8 cm³/mol. The van der Waals surface area contributed by atoms with Gasteiger partial charge in [0, 0.05) is 17.3 Å². The Hall–Kier alpha value is -2.06. The summed E-state index contributed by atoms with van der Waals surface area (Å²) >= 11 is 6.91. The second-order valence-electron chi connectivity index (χ2n) is 5.31. The van der Waals surface area contributed by atoms with E-state index >= 15 is 0 Å². The van der Waals surface area contributed by atoms with Crippen molar-refractivity contribution in [2.75, 3.05) is 17.2 Å². The molecule has 0 aliphatic heterocycles. The second kappa shape index (κ2) is 7.67. The third kappa shape index (κ3) is 3.70. The SMILES string of the molecule is CCOC(=O)c1c(NC(=S)Nc2cnccn2)sc2c1CCCC2. The number of carbonyl (C=O) groups excluding carboxylic acids is 1. The van der Waals surface area contributed by atoms with Gasteiger partial charge in [0.1, 0.15) is 5.00 Å². The third-order valence-electron chi connectivity index (χ3n) is 3.68. The summed E-state index contributed by atoms with van der Waals surface area (Å²) in [6.07, 6.45) is 8.91. The molecule has 0 unspecified atom stereocenters. The van der Waals surface area contributed by atoms with Crippen LogP contribution < -0.4 is 10.6 Å². The molecule has 0 aromatic carbocycles. The lowest BCUT2D eigenvalue weighted by Gasteiger charge is -2.13. The van der Waals surface area contributed by atoms with Crippen molar-refractivity contribution in [2.45, 2.75) is 32.6 Å². The first kappa shape index (κ1) is 16.8. The van der Waals surface area contributed by atoms with Crippen LogP contribution in [0, 0.1) is 0 Å². The van der Waals surface area contributed by atoms with Crippen LogP contribution in [0.1, 0.15) is 40.6 Å². The van der Waals surface area contributed by atoms with Gasteiger partial charge < -0.3 is 15.4 Å². The maximum absolute atomic E-state index is 12.4. The van der Waals surface area contributed by atoms with Gasteiger partial charge in [0.25, 0.3) is 0 Å². The van der Waals surface area contributed by atoms with Gasteiger partial charge in [-0.25, -0.2) is 9.78 Å². The quantitative estimate of drug-likeness (QED) is 0.637. The smallest absolute Gasteiger partial charge is 0.341 e. The van der Waals surface area contributed by atoms with Crippen molar-refractivity contribution in [3.05, 3.63) is 34.6 Å². The summed E-state index contributed by atoms with van der Waals surface area (Å²) in [5, 5.41) is 7.21. The number of rotatable bonds is 4. The molecule has 1 aliphatic rings. The van der Waals surface area contributed by atoms with Gasteiger partial charge >= 0.3 is 5.97 Å². The van der Waals surface area contributed by atoms with Crippen molar-refractivity contribution in [3.8, 4) is 0 Å². The number of carbonyl (C=O) groups is 1. The molecule has 0 bridgehead atoms. The number of fused-ring (bicyclic) bond motifs is 1. The first-order chi connectivity index (χ1) is 11.7. The van der Waals surface area contributed by atoms with Crippen LogP contribution in [0.15, 0.2) is 18.6 Å². The van der Waals surface area contributed by atoms with Gasteiger partial charge in [0.2, 0.25) is 0 Å². The minimum atomic E-state index is -0.290. The highest BCUT2D eigenvalue weighted by Gasteiger charge is 2.26. The average Bonchev–Trinajstić information content (AvgIpc) is 2.93. The van der Waals surface area contributed by atoms with Crippen molar-refractivity contribution in [2.24, 2.45) is 0 Å². The first-order valence-corrected chi connectivity index (χ1v) is 9.07. The topological polar surface area (TPSA) is 76.1 Å². The molecule has 2 heterocycles. The number of hydrogen-bond donors (Lipinski definition) is 2. The molecule has 2 aromatic rings. The van der Waals surface area contributed by atoms with Gasteiger partial charge in [-0.1, -0.05) is 0 Å². The van der Waals surface area contributed by atoms with Crippen molar-refractivity contribution in [3.63, 3.8) is 0 Å². The molecule has 0 fully saturated rings. The van der Waals surface area contributed by atoms with E-state index in [0.717, 1.165) is 36.2 Å². The number of nitrogens with one attached hydrogen (secondary N) is 2. The highest BCUT2D eigenvalue weighted by atomic mass is 32.1. The zero-order chi connectivity index (χ0) is 16.9. The summed E-state index contributed by atoms with van der Waals surface area (Å²) in [5.74, 6) is 0.260. The van der Waals surface area contributed by atoms with Crippen LogP contribution in [0.4, 0.5) is 10.8 Å². The van der Waals surface area contributed by atoms with Gasteiger partial charge in [0.15, 0.2) is 10.9 Å². The Morgan fingerprint density at radius 3 is 2.92 bits per heavy atom. The zero-order valence-electron chi connectivity index (χ0n) is 13.3. The Morgan fingerprint density at radius 2 is 2.17 bits per heavy atom. The van der Waals surface area contributed by atoms with E-state index < -0.39 is 0 Å². The van der Waals surface area contributed by atoms with Crippen LogP contribution in [0.25, 0.3) is 0 Å². The van der Waals surface area contributed by atoms with E-state index in [1.54, 1.807) is 29.9 Å². The fourth-order valence-electron chi connectivity index (χ4n) is 2.69. The van der Waals surface area contributed by atoms with E-state index in [9.17, 15) is 4.79 Å².